The number of hydrogen-bond acceptors (Lipinski definition) is 3. The smallest absolute Gasteiger partial charge is 0.317 e. The molecule has 0 saturated carbocycles. The van der Waals surface area contributed by atoms with E-state index in [-0.39, 0.29) is 5.82 Å². The molecule has 9 heteroatoms. The minimum absolute atomic E-state index is 0.295. The predicted octanol–water partition coefficient (Wildman–Crippen LogP) is 1.40. The summed E-state index contributed by atoms with van der Waals surface area (Å²) in [7, 11) is 0. The number of rotatable bonds is 4. The fraction of sp³-hybridized carbons (Fsp3) is 0.0833. The molecule has 0 aliphatic carbocycles. The molecule has 0 aliphatic heterocycles. The molecule has 0 bridgehead atoms. The van der Waals surface area contributed by atoms with Crippen LogP contribution in [-0.4, -0.2) is 21.7 Å². The van der Waals surface area contributed by atoms with E-state index < -0.39 is 29.6 Å². The van der Waals surface area contributed by atoms with E-state index in [4.69, 9.17) is 11.5 Å². The van der Waals surface area contributed by atoms with E-state index in [2.05, 4.69) is 10.4 Å². The van der Waals surface area contributed by atoms with Crippen molar-refractivity contribution in [2.24, 2.45) is 11.5 Å². The molecule has 2 rings (SSSR count). The predicted molar refractivity (Wildman–Crippen MR) is 70.2 cm³/mol. The van der Waals surface area contributed by atoms with Crippen LogP contribution in [0.1, 0.15) is 22.5 Å². The zero-order valence-corrected chi connectivity index (χ0v) is 10.6. The number of urea groups is 1. The number of halogens is 2. The molecule has 0 unspecified atom stereocenters. The summed E-state index contributed by atoms with van der Waals surface area (Å²) in [5.41, 5.74) is 9.05. The number of anilines is 1. The summed E-state index contributed by atoms with van der Waals surface area (Å²) in [6.45, 7) is 0. The third-order valence-corrected chi connectivity index (χ3v) is 2.61. The average Bonchev–Trinajstić information content (AvgIpc) is 2.78. The van der Waals surface area contributed by atoms with Gasteiger partial charge in [0.15, 0.2) is 5.82 Å². The van der Waals surface area contributed by atoms with E-state index in [1.165, 1.54) is 0 Å². The highest BCUT2D eigenvalue weighted by Crippen LogP contribution is 2.29. The van der Waals surface area contributed by atoms with Gasteiger partial charge in [-0.15, -0.1) is 0 Å². The zero-order chi connectivity index (χ0) is 15.6. The first kappa shape index (κ1) is 14.4. The Morgan fingerprint density at radius 3 is 2.29 bits per heavy atom. The van der Waals surface area contributed by atoms with Gasteiger partial charge in [-0.3, -0.25) is 10.1 Å². The first-order chi connectivity index (χ1) is 9.91. The molecule has 3 amide bonds. The molecule has 0 spiro atoms. The van der Waals surface area contributed by atoms with Crippen molar-refractivity contribution in [3.05, 3.63) is 41.6 Å². The molecule has 0 atom stereocenters. The number of alkyl halides is 2. The van der Waals surface area contributed by atoms with Crippen LogP contribution in [-0.2, 0) is 0 Å². The van der Waals surface area contributed by atoms with Crippen LogP contribution < -0.4 is 16.8 Å². The highest BCUT2D eigenvalue weighted by molar-refractivity contribution is 6.02. The van der Waals surface area contributed by atoms with Gasteiger partial charge in [-0.05, 0) is 12.1 Å². The number of hydrogen-bond donors (Lipinski definition) is 3. The maximum absolute atomic E-state index is 13.0. The van der Waals surface area contributed by atoms with Crippen LogP contribution in [0.4, 0.5) is 19.4 Å². The number of nitrogens with two attached hydrogens (primary N) is 2. The SMILES string of the molecule is NC(=O)Nc1c(C(N)=O)c(C(F)F)nn1-c1ccccc1. The Morgan fingerprint density at radius 2 is 1.81 bits per heavy atom. The van der Waals surface area contributed by atoms with Gasteiger partial charge in [0.05, 0.1) is 5.69 Å². The number of carbonyl (C=O) groups is 2. The number of primary amides is 2. The maximum Gasteiger partial charge on any atom is 0.317 e. The molecule has 0 saturated heterocycles. The van der Waals surface area contributed by atoms with E-state index in [1.807, 2.05) is 0 Å². The number of benzene rings is 1. The Morgan fingerprint density at radius 1 is 1.19 bits per heavy atom. The van der Waals surface area contributed by atoms with Crippen molar-refractivity contribution in [1.29, 1.82) is 0 Å². The van der Waals surface area contributed by atoms with Crippen molar-refractivity contribution in [3.8, 4) is 5.69 Å². The summed E-state index contributed by atoms with van der Waals surface area (Å²) in [6, 6.07) is 7.05. The summed E-state index contributed by atoms with van der Waals surface area (Å²) in [5, 5.41) is 5.75. The van der Waals surface area contributed by atoms with Gasteiger partial charge in [0.25, 0.3) is 12.3 Å². The lowest BCUT2D eigenvalue weighted by atomic mass is 10.2. The Balaban J connectivity index is 2.72. The first-order valence-corrected chi connectivity index (χ1v) is 5.74. The van der Waals surface area contributed by atoms with Crippen LogP contribution in [0.15, 0.2) is 30.3 Å². The molecule has 5 N–H and O–H groups in total. The van der Waals surface area contributed by atoms with Crippen LogP contribution in [0.5, 0.6) is 0 Å². The lowest BCUT2D eigenvalue weighted by Gasteiger charge is -2.08. The number of nitrogens with zero attached hydrogens (tertiary/aromatic N) is 2. The summed E-state index contributed by atoms with van der Waals surface area (Å²) >= 11 is 0. The molecule has 110 valence electrons. The van der Waals surface area contributed by atoms with E-state index in [0.29, 0.717) is 5.69 Å². The van der Waals surface area contributed by atoms with Gasteiger partial charge in [0.2, 0.25) is 0 Å². The monoisotopic (exact) mass is 295 g/mol. The van der Waals surface area contributed by atoms with Crippen molar-refractivity contribution in [2.75, 3.05) is 5.32 Å². The van der Waals surface area contributed by atoms with Crippen molar-refractivity contribution in [2.45, 2.75) is 6.43 Å². The minimum Gasteiger partial charge on any atom is -0.365 e. The van der Waals surface area contributed by atoms with Crippen molar-refractivity contribution >= 4 is 17.8 Å². The van der Waals surface area contributed by atoms with Gasteiger partial charge >= 0.3 is 6.03 Å². The van der Waals surface area contributed by atoms with E-state index in [9.17, 15) is 18.4 Å². The fourth-order valence-corrected chi connectivity index (χ4v) is 1.82. The quantitative estimate of drug-likeness (QED) is 0.791. The molecule has 21 heavy (non-hydrogen) atoms. The molecule has 7 nitrogen and oxygen atoms in total. The number of carbonyl (C=O) groups excluding carboxylic acids is 2. The third-order valence-electron chi connectivity index (χ3n) is 2.61. The van der Waals surface area contributed by atoms with Crippen LogP contribution in [0.3, 0.4) is 0 Å². The summed E-state index contributed by atoms with van der Waals surface area (Å²) in [4.78, 5) is 22.5. The van der Waals surface area contributed by atoms with Gasteiger partial charge in [0, 0.05) is 0 Å². The second-order valence-corrected chi connectivity index (χ2v) is 4.01. The van der Waals surface area contributed by atoms with Gasteiger partial charge < -0.3 is 11.5 Å². The van der Waals surface area contributed by atoms with Gasteiger partial charge in [-0.1, -0.05) is 18.2 Å². The van der Waals surface area contributed by atoms with Crippen molar-refractivity contribution < 1.29 is 18.4 Å². The number of amides is 3. The topological polar surface area (TPSA) is 116 Å². The molecule has 1 aromatic heterocycles. The van der Waals surface area contributed by atoms with E-state index >= 15 is 0 Å². The first-order valence-electron chi connectivity index (χ1n) is 5.74. The zero-order valence-electron chi connectivity index (χ0n) is 10.6. The lowest BCUT2D eigenvalue weighted by Crippen LogP contribution is -2.24. The molecule has 0 fully saturated rings. The van der Waals surface area contributed by atoms with Crippen LogP contribution in [0.2, 0.25) is 0 Å². The molecule has 1 aromatic carbocycles. The number of para-hydroxylation sites is 1. The summed E-state index contributed by atoms with van der Waals surface area (Å²) < 4.78 is 27.0. The van der Waals surface area contributed by atoms with Crippen LogP contribution >= 0.6 is 0 Å². The average molecular weight is 295 g/mol. The summed E-state index contributed by atoms with van der Waals surface area (Å²) in [6.07, 6.45) is -3.04. The second-order valence-electron chi connectivity index (χ2n) is 4.01. The second kappa shape index (κ2) is 5.57. The van der Waals surface area contributed by atoms with Gasteiger partial charge in [-0.25, -0.2) is 18.3 Å². The number of nitrogens with one attached hydrogen (secondary N) is 1. The Labute approximate surface area is 117 Å². The number of aromatic nitrogens is 2. The Kier molecular flexibility index (Phi) is 3.83. The maximum atomic E-state index is 13.0. The van der Waals surface area contributed by atoms with Gasteiger partial charge in [0.1, 0.15) is 11.3 Å². The van der Waals surface area contributed by atoms with Crippen molar-refractivity contribution in [3.63, 3.8) is 0 Å². The standard InChI is InChI=1S/C12H11F2N5O2/c13-9(14)8-7(10(15)20)11(17-12(16)21)19(18-8)6-4-2-1-3-5-6/h1-5,9H,(H2,15,20)(H3,16,17,21). The fourth-order valence-electron chi connectivity index (χ4n) is 1.82. The summed E-state index contributed by atoms with van der Waals surface area (Å²) in [5.74, 6) is -1.44. The van der Waals surface area contributed by atoms with Crippen LogP contribution in [0, 0.1) is 0 Å². The van der Waals surface area contributed by atoms with Crippen LogP contribution in [0.25, 0.3) is 5.69 Å². The minimum atomic E-state index is -3.04. The highest BCUT2D eigenvalue weighted by atomic mass is 19.3. The molecule has 1 heterocycles. The molecular weight excluding hydrogens is 284 g/mol. The molecule has 2 aromatic rings. The Bertz CT molecular complexity index is 684. The van der Waals surface area contributed by atoms with Gasteiger partial charge in [-0.2, -0.15) is 5.10 Å². The van der Waals surface area contributed by atoms with Crippen molar-refractivity contribution in [1.82, 2.24) is 9.78 Å². The van der Waals surface area contributed by atoms with E-state index in [1.54, 1.807) is 30.3 Å². The lowest BCUT2D eigenvalue weighted by molar-refractivity contribution is 0.0985. The molecule has 0 radical (unpaired) electrons. The Hall–Kier alpha value is -2.97. The molecule has 0 aliphatic rings. The third kappa shape index (κ3) is 2.81. The molecular formula is C12H11F2N5O2. The normalized spacial score (nSPS) is 10.6. The largest absolute Gasteiger partial charge is 0.365 e. The van der Waals surface area contributed by atoms with E-state index in [0.717, 1.165) is 4.68 Å². The highest BCUT2D eigenvalue weighted by Gasteiger charge is 2.28.